The zero-order chi connectivity index (χ0) is 22.6. The van der Waals surface area contributed by atoms with Crippen LogP contribution in [0, 0.1) is 0 Å². The van der Waals surface area contributed by atoms with Crippen molar-refractivity contribution in [2.75, 3.05) is 33.1 Å². The molecule has 0 bridgehead atoms. The summed E-state index contributed by atoms with van der Waals surface area (Å²) in [7, 11) is 1.08. The van der Waals surface area contributed by atoms with Gasteiger partial charge >= 0.3 is 0 Å². The summed E-state index contributed by atoms with van der Waals surface area (Å²) in [6, 6.07) is 10.0. The van der Waals surface area contributed by atoms with Gasteiger partial charge < -0.3 is 9.47 Å². The zero-order valence-electron chi connectivity index (χ0n) is 17.6. The molecule has 10 heteroatoms. The van der Waals surface area contributed by atoms with Crippen LogP contribution in [0.1, 0.15) is 12.5 Å². The van der Waals surface area contributed by atoms with Crippen LogP contribution in [0.2, 0.25) is 0 Å². The highest BCUT2D eigenvalue weighted by molar-refractivity contribution is 7.89. The van der Waals surface area contributed by atoms with Crippen LogP contribution < -0.4 is 14.8 Å². The lowest BCUT2D eigenvalue weighted by Gasteiger charge is -2.14. The summed E-state index contributed by atoms with van der Waals surface area (Å²) in [6.07, 6.45) is 3.04. The van der Waals surface area contributed by atoms with Crippen molar-refractivity contribution in [3.8, 4) is 11.5 Å². The van der Waals surface area contributed by atoms with Crippen molar-refractivity contribution in [2.24, 2.45) is 0 Å². The van der Waals surface area contributed by atoms with Gasteiger partial charge in [-0.05, 0) is 42.0 Å². The molecule has 0 saturated heterocycles. The largest absolute Gasteiger partial charge is 0.493 e. The monoisotopic (exact) mass is 461 g/mol. The summed E-state index contributed by atoms with van der Waals surface area (Å²) < 4.78 is 37.4. The van der Waals surface area contributed by atoms with Crippen molar-refractivity contribution in [3.63, 3.8) is 0 Å². The number of nitrogens with one attached hydrogen (secondary N) is 1. The summed E-state index contributed by atoms with van der Waals surface area (Å²) >= 11 is 1.21. The number of thiazole rings is 1. The fourth-order valence-electron chi connectivity index (χ4n) is 2.74. The van der Waals surface area contributed by atoms with Crippen molar-refractivity contribution >= 4 is 48.7 Å². The normalized spacial score (nSPS) is 11.9. The third-order valence-electron chi connectivity index (χ3n) is 4.58. The molecule has 0 radical (unpaired) electrons. The lowest BCUT2D eigenvalue weighted by atomic mass is 10.2. The van der Waals surface area contributed by atoms with Gasteiger partial charge in [0.15, 0.2) is 16.6 Å². The number of sulfonamides is 1. The fourth-order valence-corrected chi connectivity index (χ4v) is 4.93. The first kappa shape index (κ1) is 22.7. The van der Waals surface area contributed by atoms with E-state index in [0.29, 0.717) is 33.4 Å². The number of hydrogen-bond donors (Lipinski definition) is 1. The molecule has 0 spiro atoms. The minimum atomic E-state index is -3.55. The SMILES string of the molecule is CCN(C)S(=O)(=O)c1ccc2nc(NC(=O)C=Cc3ccc(OC)c(OC)c3)sc2c1. The number of rotatable bonds is 8. The Labute approximate surface area is 185 Å². The average molecular weight is 462 g/mol. The molecule has 3 aromatic rings. The first-order valence-electron chi connectivity index (χ1n) is 9.36. The zero-order valence-corrected chi connectivity index (χ0v) is 19.2. The van der Waals surface area contributed by atoms with E-state index in [9.17, 15) is 13.2 Å². The molecule has 0 unspecified atom stereocenters. The standard InChI is InChI=1S/C21H23N3O5S2/c1-5-24(2)31(26,27)15-8-9-16-19(13-15)30-21(22-16)23-20(25)11-7-14-6-10-17(28-3)18(12-14)29-4/h6-13H,5H2,1-4H3,(H,22,23,25). The molecule has 0 aliphatic rings. The van der Waals surface area contributed by atoms with Crippen LogP contribution in [0.5, 0.6) is 11.5 Å². The van der Waals surface area contributed by atoms with Gasteiger partial charge in [0, 0.05) is 19.7 Å². The Balaban J connectivity index is 1.76. The third kappa shape index (κ3) is 5.04. The second-order valence-corrected chi connectivity index (χ2v) is 9.58. The van der Waals surface area contributed by atoms with Gasteiger partial charge in [0.05, 0.1) is 29.3 Å². The number of anilines is 1. The summed E-state index contributed by atoms with van der Waals surface area (Å²) in [5, 5.41) is 3.10. The maximum Gasteiger partial charge on any atom is 0.250 e. The first-order chi connectivity index (χ1) is 14.8. The van der Waals surface area contributed by atoms with E-state index in [0.717, 1.165) is 5.56 Å². The van der Waals surface area contributed by atoms with Crippen molar-refractivity contribution in [1.82, 2.24) is 9.29 Å². The summed E-state index contributed by atoms with van der Waals surface area (Å²) in [6.45, 7) is 2.14. The summed E-state index contributed by atoms with van der Waals surface area (Å²) in [4.78, 5) is 16.9. The van der Waals surface area contributed by atoms with Gasteiger partial charge in [-0.25, -0.2) is 17.7 Å². The van der Waals surface area contributed by atoms with Gasteiger partial charge in [-0.15, -0.1) is 0 Å². The number of aromatic nitrogens is 1. The second kappa shape index (κ2) is 9.46. The number of benzene rings is 2. The van der Waals surface area contributed by atoms with Gasteiger partial charge in [0.25, 0.3) is 0 Å². The predicted octanol–water partition coefficient (Wildman–Crippen LogP) is 3.61. The first-order valence-corrected chi connectivity index (χ1v) is 11.6. The number of nitrogens with zero attached hydrogens (tertiary/aromatic N) is 2. The van der Waals surface area contributed by atoms with Crippen molar-refractivity contribution in [1.29, 1.82) is 0 Å². The van der Waals surface area contributed by atoms with E-state index < -0.39 is 10.0 Å². The topological polar surface area (TPSA) is 97.8 Å². The van der Waals surface area contributed by atoms with E-state index in [1.165, 1.54) is 34.8 Å². The summed E-state index contributed by atoms with van der Waals surface area (Å²) in [5.74, 6) is 0.813. The maximum atomic E-state index is 12.5. The van der Waals surface area contributed by atoms with Crippen molar-refractivity contribution < 1.29 is 22.7 Å². The Bertz CT molecular complexity index is 1240. The summed E-state index contributed by atoms with van der Waals surface area (Å²) in [5.41, 5.74) is 1.38. The Morgan fingerprint density at radius 2 is 1.90 bits per heavy atom. The molecule has 0 aliphatic carbocycles. The van der Waals surface area contributed by atoms with Gasteiger partial charge in [-0.1, -0.05) is 24.3 Å². The Morgan fingerprint density at radius 1 is 1.16 bits per heavy atom. The van der Waals surface area contributed by atoms with Crippen LogP contribution in [0.4, 0.5) is 5.13 Å². The van der Waals surface area contributed by atoms with Crippen LogP contribution in [-0.2, 0) is 14.8 Å². The van der Waals surface area contributed by atoms with Gasteiger partial charge in [-0.2, -0.15) is 0 Å². The number of methoxy groups -OCH3 is 2. The molecule has 1 amide bonds. The highest BCUT2D eigenvalue weighted by Gasteiger charge is 2.20. The van der Waals surface area contributed by atoms with E-state index in [1.54, 1.807) is 57.6 Å². The average Bonchev–Trinajstić information content (AvgIpc) is 3.17. The molecule has 31 heavy (non-hydrogen) atoms. The number of carbonyl (C=O) groups excluding carboxylic acids is 1. The van der Waals surface area contributed by atoms with E-state index in [-0.39, 0.29) is 10.8 Å². The molecule has 1 aromatic heterocycles. The lowest BCUT2D eigenvalue weighted by Crippen LogP contribution is -2.26. The number of amides is 1. The fraction of sp³-hybridized carbons (Fsp3) is 0.238. The molecule has 0 atom stereocenters. The predicted molar refractivity (Wildman–Crippen MR) is 122 cm³/mol. The number of fused-ring (bicyclic) bond motifs is 1. The van der Waals surface area contributed by atoms with Crippen LogP contribution in [0.3, 0.4) is 0 Å². The Kier molecular flexibility index (Phi) is 6.94. The van der Waals surface area contributed by atoms with Gasteiger partial charge in [0.2, 0.25) is 15.9 Å². The molecular weight excluding hydrogens is 438 g/mol. The number of ether oxygens (including phenoxy) is 2. The van der Waals surface area contributed by atoms with E-state index in [2.05, 4.69) is 10.3 Å². The molecule has 0 aliphatic heterocycles. The smallest absolute Gasteiger partial charge is 0.250 e. The Morgan fingerprint density at radius 3 is 2.58 bits per heavy atom. The van der Waals surface area contributed by atoms with Gasteiger partial charge in [-0.3, -0.25) is 10.1 Å². The highest BCUT2D eigenvalue weighted by Crippen LogP contribution is 2.30. The molecule has 1 heterocycles. The molecule has 0 fully saturated rings. The third-order valence-corrected chi connectivity index (χ3v) is 7.44. The highest BCUT2D eigenvalue weighted by atomic mass is 32.2. The number of carbonyl (C=O) groups is 1. The molecular formula is C21H23N3O5S2. The molecule has 0 saturated carbocycles. The van der Waals surface area contributed by atoms with E-state index >= 15 is 0 Å². The molecule has 2 aromatic carbocycles. The minimum Gasteiger partial charge on any atom is -0.493 e. The van der Waals surface area contributed by atoms with E-state index in [1.807, 2.05) is 0 Å². The van der Waals surface area contributed by atoms with Crippen molar-refractivity contribution in [3.05, 3.63) is 48.0 Å². The molecule has 8 nitrogen and oxygen atoms in total. The molecule has 164 valence electrons. The molecule has 3 rings (SSSR count). The van der Waals surface area contributed by atoms with E-state index in [4.69, 9.17) is 9.47 Å². The quantitative estimate of drug-likeness (QED) is 0.515. The Hall–Kier alpha value is -2.95. The lowest BCUT2D eigenvalue weighted by molar-refractivity contribution is -0.111. The second-order valence-electron chi connectivity index (χ2n) is 6.50. The van der Waals surface area contributed by atoms with Gasteiger partial charge in [0.1, 0.15) is 0 Å². The van der Waals surface area contributed by atoms with Crippen LogP contribution in [0.25, 0.3) is 16.3 Å². The van der Waals surface area contributed by atoms with Crippen LogP contribution in [0.15, 0.2) is 47.4 Å². The minimum absolute atomic E-state index is 0.194. The van der Waals surface area contributed by atoms with Crippen LogP contribution >= 0.6 is 11.3 Å². The number of hydrogen-bond acceptors (Lipinski definition) is 7. The van der Waals surface area contributed by atoms with Crippen molar-refractivity contribution in [2.45, 2.75) is 11.8 Å². The molecule has 1 N–H and O–H groups in total. The van der Waals surface area contributed by atoms with Crippen LogP contribution in [-0.4, -0.2) is 51.4 Å². The maximum absolute atomic E-state index is 12.5.